The second-order valence-corrected chi connectivity index (χ2v) is 5.92. The molecule has 1 aliphatic heterocycles. The van der Waals surface area contributed by atoms with Crippen molar-refractivity contribution in [2.45, 2.75) is 12.6 Å². The summed E-state index contributed by atoms with van der Waals surface area (Å²) < 4.78 is 7.94. The van der Waals surface area contributed by atoms with Gasteiger partial charge in [0.2, 0.25) is 0 Å². The Morgan fingerprint density at radius 2 is 2.26 bits per heavy atom. The minimum atomic E-state index is 0.194. The van der Waals surface area contributed by atoms with E-state index in [1.165, 1.54) is 0 Å². The number of nitrogens with zero attached hydrogens (tertiary/aromatic N) is 2. The fourth-order valence-electron chi connectivity index (χ4n) is 3.10. The lowest BCUT2D eigenvalue weighted by atomic mass is 9.99. The molecule has 1 aliphatic rings. The van der Waals surface area contributed by atoms with Gasteiger partial charge in [0.1, 0.15) is 11.3 Å². The quantitative estimate of drug-likeness (QED) is 0.605. The van der Waals surface area contributed by atoms with Gasteiger partial charge in [-0.15, -0.1) is 0 Å². The number of rotatable bonds is 6. The SMILES string of the molecule is c1ccc2oc(C3NNCC3CNCCn3cccn3)cc2c1. The number of furan rings is 1. The predicted octanol–water partition coefficient (Wildman–Crippen LogP) is 1.68. The van der Waals surface area contributed by atoms with Crippen LogP contribution in [0.15, 0.2) is 53.2 Å². The number of hydrogen-bond donors (Lipinski definition) is 3. The average molecular weight is 311 g/mol. The van der Waals surface area contributed by atoms with Crippen molar-refractivity contribution in [3.63, 3.8) is 0 Å². The first-order valence-electron chi connectivity index (χ1n) is 8.05. The average Bonchev–Trinajstić information content (AvgIpc) is 3.30. The zero-order chi connectivity index (χ0) is 15.5. The summed E-state index contributed by atoms with van der Waals surface area (Å²) in [4.78, 5) is 0. The lowest BCUT2D eigenvalue weighted by Gasteiger charge is -2.16. The van der Waals surface area contributed by atoms with Gasteiger partial charge in [-0.3, -0.25) is 10.1 Å². The van der Waals surface area contributed by atoms with E-state index in [2.05, 4.69) is 33.4 Å². The van der Waals surface area contributed by atoms with E-state index in [-0.39, 0.29) is 6.04 Å². The van der Waals surface area contributed by atoms with Crippen LogP contribution in [0.5, 0.6) is 0 Å². The van der Waals surface area contributed by atoms with Crippen LogP contribution in [-0.2, 0) is 6.54 Å². The fraction of sp³-hybridized carbons (Fsp3) is 0.353. The molecular weight excluding hydrogens is 290 g/mol. The summed E-state index contributed by atoms with van der Waals surface area (Å²) in [5.41, 5.74) is 7.54. The van der Waals surface area contributed by atoms with Gasteiger partial charge in [-0.2, -0.15) is 5.10 Å². The van der Waals surface area contributed by atoms with Gasteiger partial charge in [-0.1, -0.05) is 18.2 Å². The third-order valence-corrected chi connectivity index (χ3v) is 4.33. The minimum absolute atomic E-state index is 0.194. The summed E-state index contributed by atoms with van der Waals surface area (Å²) in [5.74, 6) is 1.45. The summed E-state index contributed by atoms with van der Waals surface area (Å²) in [7, 11) is 0. The molecule has 120 valence electrons. The number of hydrogen-bond acceptors (Lipinski definition) is 5. The van der Waals surface area contributed by atoms with Crippen molar-refractivity contribution >= 4 is 11.0 Å². The van der Waals surface area contributed by atoms with E-state index in [1.54, 1.807) is 0 Å². The lowest BCUT2D eigenvalue weighted by Crippen LogP contribution is -2.30. The number of para-hydroxylation sites is 1. The number of nitrogens with one attached hydrogen (secondary N) is 3. The monoisotopic (exact) mass is 311 g/mol. The van der Waals surface area contributed by atoms with Gasteiger partial charge in [0, 0.05) is 43.3 Å². The molecule has 3 N–H and O–H groups in total. The van der Waals surface area contributed by atoms with Gasteiger partial charge in [0.15, 0.2) is 0 Å². The van der Waals surface area contributed by atoms with Crippen molar-refractivity contribution in [2.75, 3.05) is 19.6 Å². The van der Waals surface area contributed by atoms with Gasteiger partial charge in [0.25, 0.3) is 0 Å². The first kappa shape index (κ1) is 14.4. The minimum Gasteiger partial charge on any atom is -0.459 e. The highest BCUT2D eigenvalue weighted by atomic mass is 16.3. The Morgan fingerprint density at radius 3 is 3.13 bits per heavy atom. The maximum atomic E-state index is 6.00. The summed E-state index contributed by atoms with van der Waals surface area (Å²) in [6.45, 7) is 3.65. The van der Waals surface area contributed by atoms with Crippen LogP contribution in [-0.4, -0.2) is 29.4 Å². The smallest absolute Gasteiger partial charge is 0.134 e. The Bertz CT molecular complexity index is 718. The molecule has 1 aromatic carbocycles. The first-order chi connectivity index (χ1) is 11.4. The van der Waals surface area contributed by atoms with Crippen molar-refractivity contribution in [2.24, 2.45) is 5.92 Å². The normalized spacial score (nSPS) is 21.2. The second-order valence-electron chi connectivity index (χ2n) is 5.92. The molecule has 3 aromatic rings. The Hall–Kier alpha value is -2.15. The molecule has 2 atom stereocenters. The molecule has 0 amide bonds. The molecule has 23 heavy (non-hydrogen) atoms. The van der Waals surface area contributed by atoms with Crippen LogP contribution in [0.25, 0.3) is 11.0 Å². The summed E-state index contributed by atoms with van der Waals surface area (Å²) in [5, 5.41) is 8.88. The number of hydrazine groups is 1. The van der Waals surface area contributed by atoms with E-state index >= 15 is 0 Å². The molecule has 0 spiro atoms. The maximum absolute atomic E-state index is 6.00. The number of benzene rings is 1. The largest absolute Gasteiger partial charge is 0.459 e. The first-order valence-corrected chi connectivity index (χ1v) is 8.05. The second kappa shape index (κ2) is 6.54. The molecule has 6 heteroatoms. The predicted molar refractivity (Wildman–Crippen MR) is 88.7 cm³/mol. The van der Waals surface area contributed by atoms with Gasteiger partial charge >= 0.3 is 0 Å². The van der Waals surface area contributed by atoms with Crippen LogP contribution < -0.4 is 16.2 Å². The Kier molecular flexibility index (Phi) is 4.10. The number of fused-ring (bicyclic) bond motifs is 1. The van der Waals surface area contributed by atoms with Crippen LogP contribution in [0.4, 0.5) is 0 Å². The summed E-state index contributed by atoms with van der Waals surface area (Å²) in [6.07, 6.45) is 3.79. The van der Waals surface area contributed by atoms with Crippen molar-refractivity contribution in [1.29, 1.82) is 0 Å². The van der Waals surface area contributed by atoms with E-state index in [0.717, 1.165) is 42.9 Å². The third-order valence-electron chi connectivity index (χ3n) is 4.33. The van der Waals surface area contributed by atoms with E-state index < -0.39 is 0 Å². The van der Waals surface area contributed by atoms with E-state index in [4.69, 9.17) is 4.42 Å². The molecule has 6 nitrogen and oxygen atoms in total. The highest BCUT2D eigenvalue weighted by Crippen LogP contribution is 2.29. The van der Waals surface area contributed by atoms with Crippen molar-refractivity contribution < 1.29 is 4.42 Å². The topological polar surface area (TPSA) is 67.1 Å². The van der Waals surface area contributed by atoms with E-state index in [9.17, 15) is 0 Å². The van der Waals surface area contributed by atoms with Crippen LogP contribution in [0.2, 0.25) is 0 Å². The van der Waals surface area contributed by atoms with Crippen LogP contribution in [0.3, 0.4) is 0 Å². The van der Waals surface area contributed by atoms with E-state index in [0.29, 0.717) is 5.92 Å². The molecule has 0 radical (unpaired) electrons. The Morgan fingerprint density at radius 1 is 1.30 bits per heavy atom. The standard InChI is InChI=1S/C17H21N5O/c1-2-5-15-13(4-1)10-16(23-15)17-14(12-19-21-17)11-18-7-9-22-8-3-6-20-22/h1-6,8,10,14,17-19,21H,7,9,11-12H2. The van der Waals surface area contributed by atoms with Gasteiger partial charge < -0.3 is 9.73 Å². The third kappa shape index (κ3) is 3.14. The van der Waals surface area contributed by atoms with Crippen molar-refractivity contribution in [3.05, 3.63) is 54.6 Å². The van der Waals surface area contributed by atoms with Crippen LogP contribution in [0, 0.1) is 5.92 Å². The molecule has 0 saturated carbocycles. The lowest BCUT2D eigenvalue weighted by molar-refractivity contribution is 0.375. The zero-order valence-corrected chi connectivity index (χ0v) is 12.9. The molecule has 2 aromatic heterocycles. The van der Waals surface area contributed by atoms with Gasteiger partial charge in [-0.25, -0.2) is 5.43 Å². The molecule has 1 saturated heterocycles. The van der Waals surface area contributed by atoms with Crippen LogP contribution in [0.1, 0.15) is 11.8 Å². The molecule has 4 rings (SSSR count). The highest BCUT2D eigenvalue weighted by molar-refractivity contribution is 5.77. The van der Waals surface area contributed by atoms with Crippen molar-refractivity contribution in [3.8, 4) is 0 Å². The van der Waals surface area contributed by atoms with Gasteiger partial charge in [0.05, 0.1) is 12.6 Å². The summed E-state index contributed by atoms with van der Waals surface area (Å²) in [6, 6.07) is 12.4. The van der Waals surface area contributed by atoms with Gasteiger partial charge in [-0.05, 0) is 18.2 Å². The molecule has 2 unspecified atom stereocenters. The zero-order valence-electron chi connectivity index (χ0n) is 12.9. The molecule has 1 fully saturated rings. The number of aromatic nitrogens is 2. The molecule has 0 bridgehead atoms. The van der Waals surface area contributed by atoms with Crippen LogP contribution >= 0.6 is 0 Å². The Balaban J connectivity index is 1.36. The highest BCUT2D eigenvalue weighted by Gasteiger charge is 2.30. The molecule has 3 heterocycles. The maximum Gasteiger partial charge on any atom is 0.134 e. The molecular formula is C17H21N5O. The Labute approximate surface area is 134 Å². The molecule has 0 aliphatic carbocycles. The fourth-order valence-corrected chi connectivity index (χ4v) is 3.10. The summed E-state index contributed by atoms with van der Waals surface area (Å²) >= 11 is 0. The van der Waals surface area contributed by atoms with E-state index in [1.807, 2.05) is 41.3 Å². The van der Waals surface area contributed by atoms with Crippen molar-refractivity contribution in [1.82, 2.24) is 25.9 Å².